The lowest BCUT2D eigenvalue weighted by molar-refractivity contribution is -0.119. The van der Waals surface area contributed by atoms with E-state index in [0.29, 0.717) is 6.42 Å². The highest BCUT2D eigenvalue weighted by Gasteiger charge is 2.19. The minimum Gasteiger partial charge on any atom is -0.312 e. The summed E-state index contributed by atoms with van der Waals surface area (Å²) in [5.74, 6) is 5.83. The molecule has 0 saturated carbocycles. The summed E-state index contributed by atoms with van der Waals surface area (Å²) in [6, 6.07) is 7.42. The molecular formula is C16H21N3O3S. The number of piperidine rings is 1. The summed E-state index contributed by atoms with van der Waals surface area (Å²) >= 11 is 0. The highest BCUT2D eigenvalue weighted by molar-refractivity contribution is 7.87. The van der Waals surface area contributed by atoms with Gasteiger partial charge in [0.15, 0.2) is 0 Å². The average Bonchev–Trinajstić information content (AvgIpc) is 2.53. The fourth-order valence-electron chi connectivity index (χ4n) is 2.21. The molecule has 0 aliphatic carbocycles. The van der Waals surface area contributed by atoms with Gasteiger partial charge in [-0.05, 0) is 37.1 Å². The van der Waals surface area contributed by atoms with Gasteiger partial charge in [0.05, 0.1) is 6.54 Å². The van der Waals surface area contributed by atoms with Crippen LogP contribution in [-0.2, 0) is 15.0 Å². The second kappa shape index (κ2) is 7.59. The van der Waals surface area contributed by atoms with Gasteiger partial charge in [-0.1, -0.05) is 11.8 Å². The molecule has 7 heteroatoms. The van der Waals surface area contributed by atoms with Crippen LogP contribution in [0, 0.1) is 11.8 Å². The van der Waals surface area contributed by atoms with Crippen molar-refractivity contribution in [3.63, 3.8) is 0 Å². The van der Waals surface area contributed by atoms with Crippen LogP contribution < -0.4 is 9.62 Å². The molecule has 1 N–H and O–H groups in total. The SMILES string of the molecule is CN(C)S(=O)(=O)NCC#Cc1ccc(N2CCCCC2=O)cc1. The van der Waals surface area contributed by atoms with Gasteiger partial charge in [0.25, 0.3) is 10.2 Å². The van der Waals surface area contributed by atoms with Crippen molar-refractivity contribution in [2.24, 2.45) is 0 Å². The van der Waals surface area contributed by atoms with Crippen LogP contribution in [0.15, 0.2) is 24.3 Å². The van der Waals surface area contributed by atoms with E-state index in [1.54, 1.807) is 4.90 Å². The lowest BCUT2D eigenvalue weighted by Gasteiger charge is -2.26. The third-order valence-corrected chi connectivity index (χ3v) is 5.03. The molecule has 1 saturated heterocycles. The largest absolute Gasteiger partial charge is 0.312 e. The van der Waals surface area contributed by atoms with Gasteiger partial charge in [0, 0.05) is 38.3 Å². The first-order valence-corrected chi connectivity index (χ1v) is 8.90. The zero-order chi connectivity index (χ0) is 16.9. The number of hydrogen-bond acceptors (Lipinski definition) is 3. The van der Waals surface area contributed by atoms with Gasteiger partial charge >= 0.3 is 0 Å². The van der Waals surface area contributed by atoms with Gasteiger partial charge in [-0.3, -0.25) is 4.79 Å². The van der Waals surface area contributed by atoms with Crippen molar-refractivity contribution < 1.29 is 13.2 Å². The number of nitrogens with one attached hydrogen (secondary N) is 1. The maximum atomic E-state index is 11.9. The summed E-state index contributed by atoms with van der Waals surface area (Å²) < 4.78 is 26.5. The Hall–Kier alpha value is -1.88. The minimum atomic E-state index is -3.44. The number of benzene rings is 1. The Morgan fingerprint density at radius 2 is 1.91 bits per heavy atom. The van der Waals surface area contributed by atoms with E-state index in [1.807, 2.05) is 24.3 Å². The molecule has 1 amide bonds. The Labute approximate surface area is 137 Å². The van der Waals surface area contributed by atoms with Crippen molar-refractivity contribution in [1.29, 1.82) is 0 Å². The van der Waals surface area contributed by atoms with Crippen LogP contribution in [0.1, 0.15) is 24.8 Å². The van der Waals surface area contributed by atoms with E-state index >= 15 is 0 Å². The molecule has 0 aromatic heterocycles. The predicted molar refractivity (Wildman–Crippen MR) is 90.1 cm³/mol. The van der Waals surface area contributed by atoms with E-state index in [9.17, 15) is 13.2 Å². The van der Waals surface area contributed by atoms with E-state index in [2.05, 4.69) is 16.6 Å². The van der Waals surface area contributed by atoms with Gasteiger partial charge in [0.2, 0.25) is 5.91 Å². The standard InChI is InChI=1S/C16H21N3O3S/c1-18(2)23(21,22)17-12-5-6-14-8-10-15(11-9-14)19-13-4-3-7-16(19)20/h8-11,17H,3-4,7,12-13H2,1-2H3. The lowest BCUT2D eigenvalue weighted by atomic mass is 10.1. The molecule has 124 valence electrons. The Kier molecular flexibility index (Phi) is 5.77. The molecule has 1 aliphatic rings. The Balaban J connectivity index is 1.96. The molecule has 1 aliphatic heterocycles. The third kappa shape index (κ3) is 4.79. The van der Waals surface area contributed by atoms with Crippen LogP contribution in [-0.4, -0.2) is 45.8 Å². The molecule has 2 rings (SSSR count). The summed E-state index contributed by atoms with van der Waals surface area (Å²) in [6.45, 7) is 0.809. The first kappa shape index (κ1) is 17.5. The van der Waals surface area contributed by atoms with Crippen LogP contribution in [0.4, 0.5) is 5.69 Å². The van der Waals surface area contributed by atoms with Gasteiger partial charge in [-0.2, -0.15) is 17.4 Å². The van der Waals surface area contributed by atoms with Crippen molar-refractivity contribution in [3.8, 4) is 11.8 Å². The summed E-state index contributed by atoms with van der Waals surface area (Å²) in [6.07, 6.45) is 2.59. The number of nitrogens with zero attached hydrogens (tertiary/aromatic N) is 2. The molecule has 0 atom stereocenters. The third-order valence-electron chi connectivity index (χ3n) is 3.56. The van der Waals surface area contributed by atoms with Crippen molar-refractivity contribution in [2.45, 2.75) is 19.3 Å². The molecule has 1 aromatic rings. The topological polar surface area (TPSA) is 69.7 Å². The highest BCUT2D eigenvalue weighted by Crippen LogP contribution is 2.20. The molecule has 0 radical (unpaired) electrons. The molecule has 1 heterocycles. The first-order chi connectivity index (χ1) is 10.9. The number of anilines is 1. The molecule has 1 fully saturated rings. The van der Waals surface area contributed by atoms with Crippen molar-refractivity contribution in [2.75, 3.05) is 32.1 Å². The van der Waals surface area contributed by atoms with Crippen LogP contribution >= 0.6 is 0 Å². The van der Waals surface area contributed by atoms with E-state index in [-0.39, 0.29) is 12.5 Å². The number of hydrogen-bond donors (Lipinski definition) is 1. The fraction of sp³-hybridized carbons (Fsp3) is 0.438. The zero-order valence-corrected chi connectivity index (χ0v) is 14.2. The normalized spacial score (nSPS) is 15.4. The summed E-state index contributed by atoms with van der Waals surface area (Å²) in [5, 5.41) is 0. The predicted octanol–water partition coefficient (Wildman–Crippen LogP) is 0.951. The molecule has 1 aromatic carbocycles. The quantitative estimate of drug-likeness (QED) is 0.833. The summed E-state index contributed by atoms with van der Waals surface area (Å²) in [7, 11) is -0.534. The Morgan fingerprint density at radius 3 is 2.52 bits per heavy atom. The molecule has 0 spiro atoms. The number of amides is 1. The number of rotatable bonds is 4. The maximum absolute atomic E-state index is 11.9. The molecule has 0 unspecified atom stereocenters. The fourth-order valence-corrected chi connectivity index (χ4v) is 2.72. The Bertz CT molecular complexity index is 715. The van der Waals surface area contributed by atoms with E-state index in [1.165, 1.54) is 14.1 Å². The minimum absolute atomic E-state index is 0.0485. The number of carbonyl (C=O) groups excluding carboxylic acids is 1. The molecule has 23 heavy (non-hydrogen) atoms. The van der Waals surface area contributed by atoms with Gasteiger partial charge < -0.3 is 4.90 Å². The van der Waals surface area contributed by atoms with Crippen molar-refractivity contribution in [1.82, 2.24) is 9.03 Å². The summed E-state index contributed by atoms with van der Waals surface area (Å²) in [4.78, 5) is 13.7. The second-order valence-corrected chi connectivity index (χ2v) is 7.43. The van der Waals surface area contributed by atoms with Crippen molar-refractivity contribution in [3.05, 3.63) is 29.8 Å². The van der Waals surface area contributed by atoms with Crippen LogP contribution in [0.5, 0.6) is 0 Å². The van der Waals surface area contributed by atoms with Crippen LogP contribution in [0.3, 0.4) is 0 Å². The van der Waals surface area contributed by atoms with E-state index < -0.39 is 10.2 Å². The summed E-state index contributed by atoms with van der Waals surface area (Å²) in [5.41, 5.74) is 1.66. The van der Waals surface area contributed by atoms with E-state index in [0.717, 1.165) is 34.9 Å². The molecular weight excluding hydrogens is 314 g/mol. The van der Waals surface area contributed by atoms with Gasteiger partial charge in [-0.25, -0.2) is 0 Å². The first-order valence-electron chi connectivity index (χ1n) is 7.46. The zero-order valence-electron chi connectivity index (χ0n) is 13.4. The number of carbonyl (C=O) groups is 1. The smallest absolute Gasteiger partial charge is 0.279 e. The van der Waals surface area contributed by atoms with Gasteiger partial charge in [-0.15, -0.1) is 0 Å². The van der Waals surface area contributed by atoms with E-state index in [4.69, 9.17) is 0 Å². The van der Waals surface area contributed by atoms with Crippen LogP contribution in [0.25, 0.3) is 0 Å². The molecule has 0 bridgehead atoms. The van der Waals surface area contributed by atoms with Crippen LogP contribution in [0.2, 0.25) is 0 Å². The molecule has 6 nitrogen and oxygen atoms in total. The van der Waals surface area contributed by atoms with Crippen molar-refractivity contribution >= 4 is 21.8 Å². The average molecular weight is 335 g/mol. The monoisotopic (exact) mass is 335 g/mol. The highest BCUT2D eigenvalue weighted by atomic mass is 32.2. The maximum Gasteiger partial charge on any atom is 0.279 e. The van der Waals surface area contributed by atoms with Gasteiger partial charge in [0.1, 0.15) is 0 Å². The lowest BCUT2D eigenvalue weighted by Crippen LogP contribution is -2.35. The Morgan fingerprint density at radius 1 is 1.22 bits per heavy atom. The second-order valence-electron chi connectivity index (χ2n) is 5.46.